The van der Waals surface area contributed by atoms with Crippen LogP contribution in [0, 0.1) is 7.43 Å². The summed E-state index contributed by atoms with van der Waals surface area (Å²) in [5, 5.41) is 18.5. The first kappa shape index (κ1) is 33.1. The van der Waals surface area contributed by atoms with Gasteiger partial charge in [0.25, 0.3) is 0 Å². The highest BCUT2D eigenvalue weighted by Crippen LogP contribution is 2.07. The first-order valence-corrected chi connectivity index (χ1v) is 13.1. The molecule has 1 aliphatic heterocycles. The predicted octanol–water partition coefficient (Wildman–Crippen LogP) is 2.10. The zero-order valence-corrected chi connectivity index (χ0v) is 23.4. The Labute approximate surface area is 235 Å². The van der Waals surface area contributed by atoms with Gasteiger partial charge < -0.3 is 29.2 Å². The fourth-order valence-electron chi connectivity index (χ4n) is 3.95. The zero-order valence-electron chi connectivity index (χ0n) is 23.4. The van der Waals surface area contributed by atoms with E-state index in [0.29, 0.717) is 96.9 Å². The van der Waals surface area contributed by atoms with E-state index in [1.807, 2.05) is 19.1 Å². The van der Waals surface area contributed by atoms with Gasteiger partial charge in [0.2, 0.25) is 0 Å². The van der Waals surface area contributed by atoms with Gasteiger partial charge in [-0.3, -0.25) is 9.80 Å². The summed E-state index contributed by atoms with van der Waals surface area (Å²) in [5.74, 6) is -2.10. The number of pyridine rings is 2. The molecule has 3 heterocycles. The van der Waals surface area contributed by atoms with Gasteiger partial charge in [-0.25, -0.2) is 19.6 Å². The molecular weight excluding hydrogens is 520 g/mol. The average molecular weight is 562 g/mol. The fraction of sp³-hybridized carbons (Fsp3) is 0.536. The van der Waals surface area contributed by atoms with Gasteiger partial charge in [-0.2, -0.15) is 0 Å². The number of aromatic carboxylic acids is 2. The minimum atomic E-state index is -1.05. The quantitative estimate of drug-likeness (QED) is 0.498. The van der Waals surface area contributed by atoms with Crippen LogP contribution in [0.25, 0.3) is 0 Å². The monoisotopic (exact) mass is 561 g/mol. The molecule has 3 rings (SSSR count). The summed E-state index contributed by atoms with van der Waals surface area (Å²) in [5.41, 5.74) is 1.39. The molecule has 2 aromatic heterocycles. The van der Waals surface area contributed by atoms with Crippen molar-refractivity contribution in [2.24, 2.45) is 0 Å². The van der Waals surface area contributed by atoms with Crippen LogP contribution in [0.4, 0.5) is 0 Å². The van der Waals surface area contributed by atoms with E-state index in [1.165, 1.54) is 12.1 Å². The Hall–Kier alpha value is -3.13. The molecule has 1 fully saturated rings. The van der Waals surface area contributed by atoms with Gasteiger partial charge in [0.1, 0.15) is 11.4 Å². The topological polar surface area (TPSA) is 144 Å². The number of hydrogen-bond acceptors (Lipinski definition) is 10. The Kier molecular flexibility index (Phi) is 15.1. The Morgan fingerprint density at radius 3 is 1.68 bits per heavy atom. The lowest BCUT2D eigenvalue weighted by atomic mass is 10.3. The third-order valence-corrected chi connectivity index (χ3v) is 6.01. The molecule has 12 heteroatoms. The van der Waals surface area contributed by atoms with Crippen LogP contribution in [0.15, 0.2) is 36.4 Å². The average Bonchev–Trinajstić information content (AvgIpc) is 2.92. The summed E-state index contributed by atoms with van der Waals surface area (Å²) in [7, 11) is 0. The standard InChI is InChI=1S/C27H38N4O8.CH3/c1-21-20-38-14-10-30(18-22-4-2-6-24(28-22)26(32)33)8-12-36-16-17-37-13-9-31(11-15-39-21)19-23-5-3-7-25(29-23)27(34)35;/h2-7,21H,8-20H2,1H3,(H,32,33)(H,34,35);1H3/q;+1. The lowest BCUT2D eigenvalue weighted by Crippen LogP contribution is -2.34. The fourth-order valence-corrected chi connectivity index (χ4v) is 3.95. The van der Waals surface area contributed by atoms with E-state index in [2.05, 4.69) is 19.8 Å². The third kappa shape index (κ3) is 12.4. The number of carboxylic acid groups (broad SMARTS) is 2. The van der Waals surface area contributed by atoms with Crippen molar-refractivity contribution in [2.45, 2.75) is 26.1 Å². The first-order chi connectivity index (χ1) is 18.9. The molecule has 0 aliphatic carbocycles. The van der Waals surface area contributed by atoms with Crippen LogP contribution in [0.2, 0.25) is 0 Å². The molecule has 0 bridgehead atoms. The van der Waals surface area contributed by atoms with Crippen molar-refractivity contribution in [1.82, 2.24) is 19.8 Å². The molecule has 1 saturated heterocycles. The van der Waals surface area contributed by atoms with Crippen molar-refractivity contribution < 1.29 is 38.7 Å². The molecule has 40 heavy (non-hydrogen) atoms. The first-order valence-electron chi connectivity index (χ1n) is 13.1. The minimum absolute atomic E-state index is 0. The van der Waals surface area contributed by atoms with Crippen LogP contribution in [0.1, 0.15) is 39.3 Å². The lowest BCUT2D eigenvalue weighted by Gasteiger charge is -2.24. The summed E-state index contributed by atoms with van der Waals surface area (Å²) in [6.45, 7) is 8.67. The van der Waals surface area contributed by atoms with Gasteiger partial charge in [-0.05, 0) is 31.2 Å². The van der Waals surface area contributed by atoms with Gasteiger partial charge in [0, 0.05) is 46.7 Å². The van der Waals surface area contributed by atoms with Crippen molar-refractivity contribution in [1.29, 1.82) is 0 Å². The van der Waals surface area contributed by atoms with Crippen molar-refractivity contribution in [3.05, 3.63) is 66.6 Å². The number of aromatic nitrogens is 2. The molecule has 0 saturated carbocycles. The zero-order chi connectivity index (χ0) is 27.9. The lowest BCUT2D eigenvalue weighted by molar-refractivity contribution is -0.0256. The van der Waals surface area contributed by atoms with Crippen LogP contribution in [-0.2, 0) is 32.0 Å². The highest BCUT2D eigenvalue weighted by molar-refractivity contribution is 5.85. The molecule has 2 aromatic rings. The number of carboxylic acids is 2. The Morgan fingerprint density at radius 1 is 0.750 bits per heavy atom. The van der Waals surface area contributed by atoms with Crippen LogP contribution in [0.5, 0.6) is 0 Å². The van der Waals surface area contributed by atoms with Crippen molar-refractivity contribution >= 4 is 11.9 Å². The van der Waals surface area contributed by atoms with Gasteiger partial charge in [-0.15, -0.1) is 0 Å². The van der Waals surface area contributed by atoms with Crippen LogP contribution in [0.3, 0.4) is 0 Å². The van der Waals surface area contributed by atoms with Gasteiger partial charge in [0.05, 0.1) is 63.7 Å². The van der Waals surface area contributed by atoms with Gasteiger partial charge in [0.15, 0.2) is 0 Å². The molecule has 220 valence electrons. The molecule has 2 N–H and O–H groups in total. The Bertz CT molecular complexity index is 1040. The maximum Gasteiger partial charge on any atom is 0.354 e. The van der Waals surface area contributed by atoms with E-state index in [0.717, 1.165) is 0 Å². The molecule has 1 unspecified atom stereocenters. The Morgan fingerprint density at radius 2 is 1.20 bits per heavy atom. The number of carbonyl (C=O) groups is 2. The molecule has 12 nitrogen and oxygen atoms in total. The molecule has 1 atom stereocenters. The second kappa shape index (κ2) is 18.3. The van der Waals surface area contributed by atoms with E-state index in [1.54, 1.807) is 12.1 Å². The summed E-state index contributed by atoms with van der Waals surface area (Å²) >= 11 is 0. The van der Waals surface area contributed by atoms with Crippen molar-refractivity contribution in [2.75, 3.05) is 72.4 Å². The minimum Gasteiger partial charge on any atom is -0.477 e. The molecule has 0 radical (unpaired) electrons. The van der Waals surface area contributed by atoms with Crippen molar-refractivity contribution in [3.8, 4) is 0 Å². The summed E-state index contributed by atoms with van der Waals surface area (Å²) < 4.78 is 23.3. The maximum absolute atomic E-state index is 11.3. The predicted molar refractivity (Wildman–Crippen MR) is 147 cm³/mol. The van der Waals surface area contributed by atoms with Gasteiger partial charge >= 0.3 is 11.9 Å². The van der Waals surface area contributed by atoms with E-state index in [9.17, 15) is 19.8 Å². The van der Waals surface area contributed by atoms with Crippen LogP contribution < -0.4 is 0 Å². The number of rotatable bonds is 6. The molecule has 0 spiro atoms. The summed E-state index contributed by atoms with van der Waals surface area (Å²) in [4.78, 5) is 35.2. The SMILES string of the molecule is CC1COCCN(Cc2cccc(C(=O)O)n2)CCOCCOCCN(Cc2cccc(C(=O)O)n2)CCO1.[CH3+]. The Balaban J connectivity index is 0.00000560. The molecule has 0 amide bonds. The normalized spacial score (nSPS) is 19.6. The van der Waals surface area contributed by atoms with E-state index in [-0.39, 0.29) is 24.9 Å². The van der Waals surface area contributed by atoms with Crippen molar-refractivity contribution in [3.63, 3.8) is 0 Å². The largest absolute Gasteiger partial charge is 0.477 e. The van der Waals surface area contributed by atoms with Crippen LogP contribution >= 0.6 is 0 Å². The highest BCUT2D eigenvalue weighted by atomic mass is 16.5. The third-order valence-electron chi connectivity index (χ3n) is 6.01. The summed E-state index contributed by atoms with van der Waals surface area (Å²) in [6.07, 6.45) is -0.110. The van der Waals surface area contributed by atoms with E-state index < -0.39 is 11.9 Å². The van der Waals surface area contributed by atoms with E-state index >= 15 is 0 Å². The second-order valence-corrected chi connectivity index (χ2v) is 9.17. The molecular formula is C28H41N4O8+. The summed E-state index contributed by atoms with van der Waals surface area (Å²) in [6, 6.07) is 9.97. The van der Waals surface area contributed by atoms with Gasteiger partial charge in [-0.1, -0.05) is 12.1 Å². The molecule has 0 aromatic carbocycles. The molecule has 1 aliphatic rings. The maximum atomic E-state index is 11.3. The smallest absolute Gasteiger partial charge is 0.354 e. The number of nitrogens with zero attached hydrogens (tertiary/aromatic N) is 4. The number of ether oxygens (including phenoxy) is 4. The highest BCUT2D eigenvalue weighted by Gasteiger charge is 2.13. The second-order valence-electron chi connectivity index (χ2n) is 9.17. The van der Waals surface area contributed by atoms with E-state index in [4.69, 9.17) is 18.9 Å². The van der Waals surface area contributed by atoms with Crippen LogP contribution in [-0.4, -0.2) is 120 Å². The number of hydrogen-bond donors (Lipinski definition) is 2.